The summed E-state index contributed by atoms with van der Waals surface area (Å²) in [5.74, 6) is 2.23. The van der Waals surface area contributed by atoms with E-state index < -0.39 is 0 Å². The quantitative estimate of drug-likeness (QED) is 0.693. The number of benzene rings is 1. The first kappa shape index (κ1) is 20.3. The van der Waals surface area contributed by atoms with Crippen LogP contribution in [0.25, 0.3) is 0 Å². The van der Waals surface area contributed by atoms with Crippen LogP contribution in [0.3, 0.4) is 0 Å². The van der Waals surface area contributed by atoms with Gasteiger partial charge in [0.1, 0.15) is 0 Å². The number of nitrogens with one attached hydrogen (secondary N) is 1. The number of carbonyl (C=O) groups excluding carboxylic acids is 2. The van der Waals surface area contributed by atoms with Gasteiger partial charge in [0, 0.05) is 56.3 Å². The van der Waals surface area contributed by atoms with E-state index in [1.165, 1.54) is 12.8 Å². The number of anilines is 1. The Kier molecular flexibility index (Phi) is 6.43. The minimum atomic E-state index is 0.0790. The fourth-order valence-corrected chi connectivity index (χ4v) is 5.09. The molecule has 1 saturated carbocycles. The van der Waals surface area contributed by atoms with Crippen LogP contribution in [0.15, 0.2) is 36.4 Å². The van der Waals surface area contributed by atoms with Crippen LogP contribution in [-0.2, 0) is 9.59 Å². The maximum absolute atomic E-state index is 12.5. The number of nitrogens with zero attached hydrogens (tertiary/aromatic N) is 2. The Morgan fingerprint density at radius 3 is 2.59 bits per heavy atom. The maximum atomic E-state index is 12.5. The number of amides is 2. The number of hydrogen-bond acceptors (Lipinski definition) is 3. The molecule has 0 radical (unpaired) electrons. The lowest BCUT2D eigenvalue weighted by molar-refractivity contribution is -0.131. The van der Waals surface area contributed by atoms with E-state index in [9.17, 15) is 9.59 Å². The van der Waals surface area contributed by atoms with Crippen molar-refractivity contribution in [3.63, 3.8) is 0 Å². The van der Waals surface area contributed by atoms with Crippen molar-refractivity contribution in [3.05, 3.63) is 41.4 Å². The third kappa shape index (κ3) is 5.13. The summed E-state index contributed by atoms with van der Waals surface area (Å²) in [4.78, 5) is 28.8. The molecule has 0 unspecified atom stereocenters. The second-order valence-electron chi connectivity index (χ2n) is 8.55. The average Bonchev–Trinajstić information content (AvgIpc) is 3.36. The van der Waals surface area contributed by atoms with E-state index in [0.29, 0.717) is 31.1 Å². The normalized spacial score (nSPS) is 25.5. The van der Waals surface area contributed by atoms with Gasteiger partial charge >= 0.3 is 0 Å². The second-order valence-corrected chi connectivity index (χ2v) is 8.98. The lowest BCUT2D eigenvalue weighted by Gasteiger charge is -2.36. The summed E-state index contributed by atoms with van der Waals surface area (Å²) in [5, 5.41) is 3.81. The van der Waals surface area contributed by atoms with Crippen molar-refractivity contribution in [2.75, 3.05) is 37.6 Å². The van der Waals surface area contributed by atoms with Gasteiger partial charge < -0.3 is 15.1 Å². The highest BCUT2D eigenvalue weighted by Crippen LogP contribution is 2.42. The van der Waals surface area contributed by atoms with Crippen LogP contribution in [-0.4, -0.2) is 49.4 Å². The van der Waals surface area contributed by atoms with E-state index in [0.717, 1.165) is 49.4 Å². The fraction of sp³-hybridized carbons (Fsp3) is 0.565. The molecule has 1 aromatic carbocycles. The van der Waals surface area contributed by atoms with E-state index >= 15 is 0 Å². The SMILES string of the molecule is O=C(CCCC(=O)N1CCN(c2cccc(Cl)c2)CC1)NC[C@@H]1C[C@@H]2C=C[C@@H]1C2. The molecule has 1 saturated heterocycles. The van der Waals surface area contributed by atoms with Gasteiger partial charge in [-0.05, 0) is 55.2 Å². The fourth-order valence-electron chi connectivity index (χ4n) is 4.91. The summed E-state index contributed by atoms with van der Waals surface area (Å²) >= 11 is 6.07. The monoisotopic (exact) mass is 415 g/mol. The number of rotatable bonds is 7. The molecule has 1 heterocycles. The van der Waals surface area contributed by atoms with Crippen LogP contribution >= 0.6 is 11.6 Å². The van der Waals surface area contributed by atoms with E-state index in [1.807, 2.05) is 23.1 Å². The Bertz CT molecular complexity index is 773. The van der Waals surface area contributed by atoms with Crippen molar-refractivity contribution in [3.8, 4) is 0 Å². The number of hydrogen-bond donors (Lipinski definition) is 1. The summed E-state index contributed by atoms with van der Waals surface area (Å²) in [6.45, 7) is 3.84. The Labute approximate surface area is 178 Å². The predicted octanol–water partition coefficient (Wildman–Crippen LogP) is 3.49. The standard InChI is InChI=1S/C23H30ClN3O2/c24-20-3-1-4-21(15-20)26-9-11-27(12-10-26)23(29)6-2-5-22(28)25-16-19-14-17-7-8-18(19)13-17/h1,3-4,7-8,15,17-19H,2,5-6,9-14,16H2,(H,25,28)/t17-,18-,19+/m1/s1. The van der Waals surface area contributed by atoms with Gasteiger partial charge in [-0.25, -0.2) is 0 Å². The summed E-state index contributed by atoms with van der Waals surface area (Å²) in [5.41, 5.74) is 1.10. The maximum Gasteiger partial charge on any atom is 0.222 e. The molecule has 3 aliphatic rings. The van der Waals surface area contributed by atoms with Crippen LogP contribution < -0.4 is 10.2 Å². The van der Waals surface area contributed by atoms with Gasteiger partial charge in [0.15, 0.2) is 0 Å². The third-order valence-corrected chi connectivity index (χ3v) is 6.81. The van der Waals surface area contributed by atoms with Gasteiger partial charge in [-0.15, -0.1) is 0 Å². The van der Waals surface area contributed by atoms with E-state index in [2.05, 4.69) is 28.4 Å². The summed E-state index contributed by atoms with van der Waals surface area (Å²) in [6.07, 6.45) is 8.61. The van der Waals surface area contributed by atoms with Gasteiger partial charge in [-0.3, -0.25) is 9.59 Å². The number of piperazine rings is 1. The largest absolute Gasteiger partial charge is 0.368 e. The first-order valence-corrected chi connectivity index (χ1v) is 11.2. The zero-order chi connectivity index (χ0) is 20.2. The molecule has 0 spiro atoms. The highest BCUT2D eigenvalue weighted by Gasteiger charge is 2.35. The Hall–Kier alpha value is -2.01. The second kappa shape index (κ2) is 9.21. The Morgan fingerprint density at radius 1 is 1.07 bits per heavy atom. The average molecular weight is 416 g/mol. The molecule has 1 aromatic rings. The lowest BCUT2D eigenvalue weighted by Crippen LogP contribution is -2.48. The van der Waals surface area contributed by atoms with Gasteiger partial charge in [0.25, 0.3) is 0 Å². The molecule has 4 rings (SSSR count). The number of fused-ring (bicyclic) bond motifs is 2. The lowest BCUT2D eigenvalue weighted by atomic mass is 9.93. The van der Waals surface area contributed by atoms with E-state index in [1.54, 1.807) is 0 Å². The molecule has 6 heteroatoms. The van der Waals surface area contributed by atoms with Gasteiger partial charge in [0.2, 0.25) is 11.8 Å². The molecule has 0 aromatic heterocycles. The Balaban J connectivity index is 1.11. The van der Waals surface area contributed by atoms with Gasteiger partial charge in [-0.2, -0.15) is 0 Å². The summed E-state index contributed by atoms with van der Waals surface area (Å²) < 4.78 is 0. The van der Waals surface area contributed by atoms with Crippen molar-refractivity contribution < 1.29 is 9.59 Å². The van der Waals surface area contributed by atoms with E-state index in [4.69, 9.17) is 11.6 Å². The van der Waals surface area contributed by atoms with Crippen LogP contribution in [0, 0.1) is 17.8 Å². The highest BCUT2D eigenvalue weighted by molar-refractivity contribution is 6.30. The molecular formula is C23H30ClN3O2. The molecule has 29 heavy (non-hydrogen) atoms. The van der Waals surface area contributed by atoms with Gasteiger partial charge in [-0.1, -0.05) is 29.8 Å². The molecule has 1 N–H and O–H groups in total. The smallest absolute Gasteiger partial charge is 0.222 e. The first-order chi connectivity index (χ1) is 14.1. The first-order valence-electron chi connectivity index (χ1n) is 10.8. The van der Waals surface area contributed by atoms with Gasteiger partial charge in [0.05, 0.1) is 0 Å². The van der Waals surface area contributed by atoms with Crippen LogP contribution in [0.2, 0.25) is 5.02 Å². The molecule has 5 nitrogen and oxygen atoms in total. The molecule has 1 aliphatic heterocycles. The van der Waals surface area contributed by atoms with Crippen LogP contribution in [0.5, 0.6) is 0 Å². The van der Waals surface area contributed by atoms with Crippen molar-refractivity contribution in [1.29, 1.82) is 0 Å². The minimum Gasteiger partial charge on any atom is -0.368 e. The molecule has 2 amide bonds. The molecule has 156 valence electrons. The summed E-state index contributed by atoms with van der Waals surface area (Å²) in [7, 11) is 0. The van der Waals surface area contributed by atoms with Crippen molar-refractivity contribution in [2.24, 2.45) is 17.8 Å². The zero-order valence-electron chi connectivity index (χ0n) is 16.9. The number of carbonyl (C=O) groups is 2. The zero-order valence-corrected chi connectivity index (χ0v) is 17.6. The third-order valence-electron chi connectivity index (χ3n) is 6.58. The molecular weight excluding hydrogens is 386 g/mol. The highest BCUT2D eigenvalue weighted by atomic mass is 35.5. The molecule has 3 atom stereocenters. The van der Waals surface area contributed by atoms with Crippen molar-refractivity contribution in [1.82, 2.24) is 10.2 Å². The number of allylic oxidation sites excluding steroid dienone is 2. The summed E-state index contributed by atoms with van der Waals surface area (Å²) in [6, 6.07) is 7.84. The van der Waals surface area contributed by atoms with Crippen molar-refractivity contribution in [2.45, 2.75) is 32.1 Å². The van der Waals surface area contributed by atoms with Crippen LogP contribution in [0.4, 0.5) is 5.69 Å². The van der Waals surface area contributed by atoms with Crippen LogP contribution in [0.1, 0.15) is 32.1 Å². The van der Waals surface area contributed by atoms with E-state index in [-0.39, 0.29) is 11.8 Å². The minimum absolute atomic E-state index is 0.0790. The predicted molar refractivity (Wildman–Crippen MR) is 116 cm³/mol. The molecule has 2 fully saturated rings. The molecule has 2 bridgehead atoms. The Morgan fingerprint density at radius 2 is 1.90 bits per heavy atom. The van der Waals surface area contributed by atoms with Crippen molar-refractivity contribution >= 4 is 29.1 Å². The molecule has 2 aliphatic carbocycles. The number of halogens is 1. The topological polar surface area (TPSA) is 52.7 Å².